The van der Waals surface area contributed by atoms with Gasteiger partial charge in [-0.2, -0.15) is 0 Å². The van der Waals surface area contributed by atoms with Crippen molar-refractivity contribution in [2.45, 2.75) is 6.36 Å². The number of rotatable bonds is 5. The molecule has 1 aromatic heterocycles. The number of nitrogens with zero attached hydrogens (tertiary/aromatic N) is 2. The lowest BCUT2D eigenvalue weighted by Crippen LogP contribution is -2.16. The third-order valence-electron chi connectivity index (χ3n) is 3.28. The van der Waals surface area contributed by atoms with Crippen LogP contribution in [0.5, 0.6) is 17.4 Å². The van der Waals surface area contributed by atoms with Crippen LogP contribution in [-0.4, -0.2) is 32.8 Å². The Hall–Kier alpha value is -3.27. The summed E-state index contributed by atoms with van der Waals surface area (Å²) in [4.78, 5) is 11.0. The maximum absolute atomic E-state index is 12.2. The molecule has 0 aliphatic heterocycles. The van der Waals surface area contributed by atoms with Crippen LogP contribution in [0.2, 0.25) is 5.02 Å². The predicted molar refractivity (Wildman–Crippen MR) is 87.0 cm³/mol. The molecule has 0 saturated heterocycles. The fourth-order valence-corrected chi connectivity index (χ4v) is 2.45. The van der Waals surface area contributed by atoms with E-state index >= 15 is 0 Å². The van der Waals surface area contributed by atoms with Crippen molar-refractivity contribution in [1.29, 1.82) is 0 Å². The van der Waals surface area contributed by atoms with Crippen LogP contribution >= 0.6 is 11.6 Å². The molecule has 0 unspecified atom stereocenters. The second-order valence-corrected chi connectivity index (χ2v) is 5.52. The van der Waals surface area contributed by atoms with Gasteiger partial charge in [-0.3, -0.25) is 0 Å². The summed E-state index contributed by atoms with van der Waals surface area (Å²) < 4.78 is 45.8. The van der Waals surface area contributed by atoms with Gasteiger partial charge in [-0.25, -0.2) is 9.89 Å². The molecule has 11 heteroatoms. The third kappa shape index (κ3) is 4.47. The molecule has 0 bridgehead atoms. The van der Waals surface area contributed by atoms with Crippen molar-refractivity contribution >= 4 is 17.6 Å². The number of nitrogens with one attached hydrogen (secondary N) is 1. The van der Waals surface area contributed by atoms with Crippen LogP contribution in [0, 0.1) is 0 Å². The average molecular weight is 400 g/mol. The zero-order valence-corrected chi connectivity index (χ0v) is 13.9. The number of hydrogen-bond donors (Lipinski definition) is 2. The fourth-order valence-electron chi connectivity index (χ4n) is 2.17. The molecule has 1 heterocycles. The lowest BCUT2D eigenvalue weighted by molar-refractivity contribution is -0.274. The van der Waals surface area contributed by atoms with Crippen LogP contribution in [0.1, 0.15) is 10.5 Å². The lowest BCUT2D eigenvalue weighted by Gasteiger charge is -2.11. The van der Waals surface area contributed by atoms with Crippen molar-refractivity contribution in [2.75, 3.05) is 0 Å². The highest BCUT2D eigenvalue weighted by molar-refractivity contribution is 6.33. The van der Waals surface area contributed by atoms with Crippen LogP contribution < -0.4 is 9.47 Å². The van der Waals surface area contributed by atoms with E-state index in [0.29, 0.717) is 11.1 Å². The number of aromatic nitrogens is 3. The van der Waals surface area contributed by atoms with Crippen LogP contribution in [0.15, 0.2) is 42.5 Å². The Balaban J connectivity index is 1.80. The molecule has 0 atom stereocenters. The Morgan fingerprint density at radius 3 is 2.37 bits per heavy atom. The van der Waals surface area contributed by atoms with Gasteiger partial charge in [-0.05, 0) is 29.8 Å². The first-order valence-electron chi connectivity index (χ1n) is 7.21. The van der Waals surface area contributed by atoms with E-state index in [1.807, 2.05) is 0 Å². The summed E-state index contributed by atoms with van der Waals surface area (Å²) in [6, 6.07) is 9.65. The van der Waals surface area contributed by atoms with Crippen molar-refractivity contribution < 1.29 is 32.5 Å². The van der Waals surface area contributed by atoms with E-state index in [4.69, 9.17) is 21.4 Å². The minimum absolute atomic E-state index is 0.206. The number of aromatic carboxylic acids is 1. The Labute approximate surface area is 154 Å². The molecule has 0 radical (unpaired) electrons. The minimum atomic E-state index is -4.77. The molecule has 0 aliphatic rings. The quantitative estimate of drug-likeness (QED) is 0.655. The number of alkyl halides is 3. The summed E-state index contributed by atoms with van der Waals surface area (Å²) >= 11 is 6.20. The number of carboxylic acids is 1. The maximum Gasteiger partial charge on any atom is 0.573 e. The summed E-state index contributed by atoms with van der Waals surface area (Å²) in [7, 11) is 0. The van der Waals surface area contributed by atoms with Gasteiger partial charge in [0, 0.05) is 11.6 Å². The van der Waals surface area contributed by atoms with E-state index in [1.165, 1.54) is 24.3 Å². The van der Waals surface area contributed by atoms with Crippen molar-refractivity contribution in [3.63, 3.8) is 0 Å². The number of halogens is 4. The predicted octanol–water partition coefficient (Wildman–Crippen LogP) is 4.51. The molecule has 2 aromatic carbocycles. The van der Waals surface area contributed by atoms with Crippen molar-refractivity contribution in [3.05, 3.63) is 53.2 Å². The molecule has 27 heavy (non-hydrogen) atoms. The van der Waals surface area contributed by atoms with Gasteiger partial charge < -0.3 is 14.6 Å². The summed E-state index contributed by atoms with van der Waals surface area (Å²) in [6.07, 6.45) is -4.77. The monoisotopic (exact) mass is 399 g/mol. The number of ether oxygens (including phenoxy) is 2. The minimum Gasteiger partial charge on any atom is -0.476 e. The smallest absolute Gasteiger partial charge is 0.476 e. The second-order valence-electron chi connectivity index (χ2n) is 5.11. The normalized spacial score (nSPS) is 11.3. The van der Waals surface area contributed by atoms with E-state index in [0.717, 1.165) is 12.1 Å². The number of H-pyrrole nitrogens is 1. The fraction of sp³-hybridized carbons (Fsp3) is 0.0625. The Kier molecular flexibility index (Phi) is 4.91. The number of carbonyl (C=O) groups is 1. The van der Waals surface area contributed by atoms with E-state index < -0.39 is 12.3 Å². The van der Waals surface area contributed by atoms with Crippen molar-refractivity contribution in [1.82, 2.24) is 15.4 Å². The Morgan fingerprint density at radius 1 is 1.11 bits per heavy atom. The van der Waals surface area contributed by atoms with Crippen molar-refractivity contribution in [2.24, 2.45) is 0 Å². The maximum atomic E-state index is 12.2. The number of benzene rings is 2. The highest BCUT2D eigenvalue weighted by atomic mass is 35.5. The van der Waals surface area contributed by atoms with E-state index in [1.54, 1.807) is 6.07 Å². The summed E-state index contributed by atoms with van der Waals surface area (Å²) in [5.74, 6) is -1.68. The molecule has 7 nitrogen and oxygen atoms in total. The first-order valence-corrected chi connectivity index (χ1v) is 7.58. The first-order chi connectivity index (χ1) is 12.7. The van der Waals surface area contributed by atoms with Gasteiger partial charge in [0.1, 0.15) is 11.5 Å². The van der Waals surface area contributed by atoms with Crippen LogP contribution in [0.25, 0.3) is 11.1 Å². The highest BCUT2D eigenvalue weighted by Gasteiger charge is 2.31. The van der Waals surface area contributed by atoms with Gasteiger partial charge >= 0.3 is 12.3 Å². The van der Waals surface area contributed by atoms with Gasteiger partial charge in [0.25, 0.3) is 5.88 Å². The largest absolute Gasteiger partial charge is 0.573 e. The van der Waals surface area contributed by atoms with Crippen LogP contribution in [0.3, 0.4) is 0 Å². The van der Waals surface area contributed by atoms with Gasteiger partial charge in [-0.1, -0.05) is 34.0 Å². The molecule has 2 N–H and O–H groups in total. The SMILES string of the molecule is O=C(O)c1[nH]nnc1Oc1ccc(-c2ccc(OC(F)(F)F)cc2)c(Cl)c1. The summed E-state index contributed by atoms with van der Waals surface area (Å²) in [5, 5.41) is 18.3. The average Bonchev–Trinajstić information content (AvgIpc) is 3.03. The lowest BCUT2D eigenvalue weighted by atomic mass is 10.1. The van der Waals surface area contributed by atoms with Crippen molar-refractivity contribution in [3.8, 4) is 28.5 Å². The van der Waals surface area contributed by atoms with Gasteiger partial charge in [0.15, 0.2) is 0 Å². The third-order valence-corrected chi connectivity index (χ3v) is 3.60. The van der Waals surface area contributed by atoms with Gasteiger partial charge in [-0.15, -0.1) is 13.2 Å². The molecule has 0 aliphatic carbocycles. The van der Waals surface area contributed by atoms with Gasteiger partial charge in [0.2, 0.25) is 5.69 Å². The molecule has 140 valence electrons. The molecule has 0 saturated carbocycles. The molecule has 0 amide bonds. The van der Waals surface area contributed by atoms with Gasteiger partial charge in [0.05, 0.1) is 5.02 Å². The zero-order chi connectivity index (χ0) is 19.6. The van der Waals surface area contributed by atoms with Crippen LogP contribution in [-0.2, 0) is 0 Å². The topological polar surface area (TPSA) is 97.3 Å². The molecule has 0 fully saturated rings. The number of carboxylic acid groups (broad SMARTS) is 1. The Morgan fingerprint density at radius 2 is 1.78 bits per heavy atom. The van der Waals surface area contributed by atoms with Crippen LogP contribution in [0.4, 0.5) is 13.2 Å². The Bertz CT molecular complexity index is 974. The molecular formula is C16H9ClF3N3O4. The molecular weight excluding hydrogens is 391 g/mol. The summed E-state index contributed by atoms with van der Waals surface area (Å²) in [6.45, 7) is 0. The second kappa shape index (κ2) is 7.16. The number of hydrogen-bond acceptors (Lipinski definition) is 5. The number of aromatic amines is 1. The van der Waals surface area contributed by atoms with E-state index in [2.05, 4.69) is 20.1 Å². The highest BCUT2D eigenvalue weighted by Crippen LogP contribution is 2.34. The molecule has 3 rings (SSSR count). The molecule has 0 spiro atoms. The first kappa shape index (κ1) is 18.5. The standard InChI is InChI=1S/C16H9ClF3N3O4/c17-12-7-10(26-14-13(15(24)25)21-23-22-14)5-6-11(12)8-1-3-9(4-2-8)27-16(18,19)20/h1-7H,(H,24,25)(H,21,22,23). The summed E-state index contributed by atoms with van der Waals surface area (Å²) in [5.41, 5.74) is 0.755. The molecule has 3 aromatic rings. The van der Waals surface area contributed by atoms with E-state index in [-0.39, 0.29) is 28.1 Å². The van der Waals surface area contributed by atoms with E-state index in [9.17, 15) is 18.0 Å². The zero-order valence-electron chi connectivity index (χ0n) is 13.1.